The molecule has 7 heteroatoms. The van der Waals surface area contributed by atoms with Crippen LogP contribution >= 0.6 is 0 Å². The Kier molecular flexibility index (Phi) is 5.32. The molecule has 2 aromatic heterocycles. The van der Waals surface area contributed by atoms with Crippen LogP contribution in [-0.2, 0) is 7.05 Å². The van der Waals surface area contributed by atoms with Gasteiger partial charge in [-0.15, -0.1) is 0 Å². The molecule has 3 rings (SSSR count). The van der Waals surface area contributed by atoms with Gasteiger partial charge in [0.1, 0.15) is 5.56 Å². The number of aliphatic hydroxyl groups excluding tert-OH is 1. The van der Waals surface area contributed by atoms with E-state index in [9.17, 15) is 14.7 Å². The zero-order chi connectivity index (χ0) is 19.7. The van der Waals surface area contributed by atoms with Crippen LogP contribution < -0.4 is 15.6 Å². The van der Waals surface area contributed by atoms with Crippen molar-refractivity contribution < 1.29 is 14.6 Å². The second-order valence-corrected chi connectivity index (χ2v) is 7.18. The number of nitrogens with zero attached hydrogens (tertiary/aromatic N) is 2. The minimum Gasteiger partial charge on any atom is -0.481 e. The van der Waals surface area contributed by atoms with E-state index in [0.717, 1.165) is 11.3 Å². The van der Waals surface area contributed by atoms with Crippen LogP contribution in [0.4, 0.5) is 0 Å². The molecule has 0 saturated heterocycles. The molecule has 7 nitrogen and oxygen atoms in total. The van der Waals surface area contributed by atoms with E-state index in [2.05, 4.69) is 10.3 Å². The van der Waals surface area contributed by atoms with E-state index in [1.807, 2.05) is 19.1 Å². The standard InChI is InChI=1S/C20H25N3O4/c1-11-7-12(2)23(3)20(26)17(11)19(25)22-18(14-8-15(24)9-14)13-5-6-16(27-4)21-10-13/h5-7,10,14-15,18,24H,8-9H2,1-4H3,(H,22,25). The Hall–Kier alpha value is -2.67. The van der Waals surface area contributed by atoms with Gasteiger partial charge in [-0.2, -0.15) is 0 Å². The lowest BCUT2D eigenvalue weighted by Gasteiger charge is -2.38. The van der Waals surface area contributed by atoms with E-state index in [4.69, 9.17) is 4.74 Å². The molecule has 1 unspecified atom stereocenters. The number of aryl methyl sites for hydroxylation is 2. The van der Waals surface area contributed by atoms with Gasteiger partial charge in [-0.1, -0.05) is 6.07 Å². The first-order valence-corrected chi connectivity index (χ1v) is 8.98. The van der Waals surface area contributed by atoms with Crippen molar-refractivity contribution in [2.75, 3.05) is 7.11 Å². The minimum atomic E-state index is -0.407. The molecule has 2 heterocycles. The topological polar surface area (TPSA) is 93.5 Å². The second-order valence-electron chi connectivity index (χ2n) is 7.18. The van der Waals surface area contributed by atoms with Gasteiger partial charge in [-0.3, -0.25) is 9.59 Å². The smallest absolute Gasteiger partial charge is 0.263 e. The van der Waals surface area contributed by atoms with Crippen molar-refractivity contribution in [3.05, 3.63) is 57.1 Å². The number of hydrogen-bond acceptors (Lipinski definition) is 5. The average molecular weight is 371 g/mol. The molecular formula is C20H25N3O4. The molecule has 1 atom stereocenters. The molecule has 0 bridgehead atoms. The fourth-order valence-corrected chi connectivity index (χ4v) is 3.54. The van der Waals surface area contributed by atoms with Gasteiger partial charge in [0.2, 0.25) is 5.88 Å². The molecule has 1 fully saturated rings. The van der Waals surface area contributed by atoms with Crippen molar-refractivity contribution in [3.63, 3.8) is 0 Å². The Morgan fingerprint density at radius 2 is 2.07 bits per heavy atom. The maximum absolute atomic E-state index is 13.0. The quantitative estimate of drug-likeness (QED) is 0.834. The Balaban J connectivity index is 1.91. The summed E-state index contributed by atoms with van der Waals surface area (Å²) in [7, 11) is 3.19. The van der Waals surface area contributed by atoms with Crippen molar-refractivity contribution in [1.82, 2.24) is 14.9 Å². The molecule has 0 radical (unpaired) electrons. The maximum atomic E-state index is 13.0. The minimum absolute atomic E-state index is 0.0914. The molecular weight excluding hydrogens is 346 g/mol. The number of nitrogens with one attached hydrogen (secondary N) is 1. The zero-order valence-electron chi connectivity index (χ0n) is 16.0. The predicted molar refractivity (Wildman–Crippen MR) is 101 cm³/mol. The van der Waals surface area contributed by atoms with Crippen molar-refractivity contribution in [1.29, 1.82) is 0 Å². The number of carbonyl (C=O) groups is 1. The fraction of sp³-hybridized carbons (Fsp3) is 0.450. The molecule has 0 aromatic carbocycles. The highest BCUT2D eigenvalue weighted by Crippen LogP contribution is 2.38. The molecule has 0 aliphatic heterocycles. The van der Waals surface area contributed by atoms with E-state index in [1.54, 1.807) is 33.3 Å². The van der Waals surface area contributed by atoms with E-state index in [0.29, 0.717) is 24.3 Å². The first-order chi connectivity index (χ1) is 12.8. The van der Waals surface area contributed by atoms with Gasteiger partial charge in [0.05, 0.1) is 19.3 Å². The molecule has 27 heavy (non-hydrogen) atoms. The number of carbonyl (C=O) groups excluding carboxylic acids is 1. The summed E-state index contributed by atoms with van der Waals surface area (Å²) in [6.45, 7) is 3.60. The molecule has 2 N–H and O–H groups in total. The summed E-state index contributed by atoms with van der Waals surface area (Å²) in [6.07, 6.45) is 2.51. The van der Waals surface area contributed by atoms with Crippen LogP contribution in [0.3, 0.4) is 0 Å². The van der Waals surface area contributed by atoms with Crippen LogP contribution in [0, 0.1) is 19.8 Å². The van der Waals surface area contributed by atoms with Crippen LogP contribution in [0.2, 0.25) is 0 Å². The summed E-state index contributed by atoms with van der Waals surface area (Å²) in [5, 5.41) is 12.7. The van der Waals surface area contributed by atoms with Crippen molar-refractivity contribution in [2.45, 2.75) is 38.8 Å². The number of methoxy groups -OCH3 is 1. The third-order valence-electron chi connectivity index (χ3n) is 5.33. The van der Waals surface area contributed by atoms with Crippen LogP contribution in [0.1, 0.15) is 46.1 Å². The van der Waals surface area contributed by atoms with Crippen molar-refractivity contribution in [3.8, 4) is 5.88 Å². The lowest BCUT2D eigenvalue weighted by Crippen LogP contribution is -2.43. The van der Waals surface area contributed by atoms with Crippen LogP contribution in [0.25, 0.3) is 0 Å². The number of aliphatic hydroxyl groups is 1. The monoisotopic (exact) mass is 371 g/mol. The highest BCUT2D eigenvalue weighted by Gasteiger charge is 2.36. The summed E-state index contributed by atoms with van der Waals surface area (Å²) >= 11 is 0. The Labute approximate surface area is 158 Å². The summed E-state index contributed by atoms with van der Waals surface area (Å²) in [4.78, 5) is 29.8. The number of amides is 1. The summed E-state index contributed by atoms with van der Waals surface area (Å²) in [5.41, 5.74) is 2.10. The molecule has 1 aliphatic rings. The van der Waals surface area contributed by atoms with Gasteiger partial charge >= 0.3 is 0 Å². The average Bonchev–Trinajstić information content (AvgIpc) is 2.62. The first kappa shape index (κ1) is 19.1. The van der Waals surface area contributed by atoms with E-state index in [1.165, 1.54) is 4.57 Å². The maximum Gasteiger partial charge on any atom is 0.263 e. The molecule has 1 amide bonds. The summed E-state index contributed by atoms with van der Waals surface area (Å²) < 4.78 is 6.56. The molecule has 1 aliphatic carbocycles. The van der Waals surface area contributed by atoms with Gasteiger partial charge in [0.25, 0.3) is 11.5 Å². The SMILES string of the molecule is COc1ccc(C(NC(=O)c2c(C)cc(C)n(C)c2=O)C2CC(O)C2)cn1. The first-order valence-electron chi connectivity index (χ1n) is 8.98. The van der Waals surface area contributed by atoms with Gasteiger partial charge in [-0.25, -0.2) is 4.98 Å². The highest BCUT2D eigenvalue weighted by molar-refractivity contribution is 5.95. The number of rotatable bonds is 5. The lowest BCUT2D eigenvalue weighted by atomic mass is 9.75. The van der Waals surface area contributed by atoms with Crippen molar-refractivity contribution in [2.24, 2.45) is 13.0 Å². The summed E-state index contributed by atoms with van der Waals surface area (Å²) in [5.74, 6) is 0.171. The fourth-order valence-electron chi connectivity index (χ4n) is 3.54. The van der Waals surface area contributed by atoms with E-state index >= 15 is 0 Å². The van der Waals surface area contributed by atoms with Gasteiger partial charge in [-0.05, 0) is 49.8 Å². The number of ether oxygens (including phenoxy) is 1. The molecule has 0 spiro atoms. The molecule has 144 valence electrons. The third kappa shape index (κ3) is 3.73. The summed E-state index contributed by atoms with van der Waals surface area (Å²) in [6, 6.07) is 5.08. The van der Waals surface area contributed by atoms with E-state index < -0.39 is 5.91 Å². The largest absolute Gasteiger partial charge is 0.481 e. The Morgan fingerprint density at radius 3 is 2.63 bits per heavy atom. The van der Waals surface area contributed by atoms with Gasteiger partial charge in [0, 0.05) is 25.0 Å². The van der Waals surface area contributed by atoms with Crippen LogP contribution in [-0.4, -0.2) is 33.8 Å². The van der Waals surface area contributed by atoms with Crippen LogP contribution in [0.5, 0.6) is 5.88 Å². The number of hydrogen-bond donors (Lipinski definition) is 2. The predicted octanol–water partition coefficient (Wildman–Crippen LogP) is 1.65. The normalized spacial score (nSPS) is 19.9. The van der Waals surface area contributed by atoms with E-state index in [-0.39, 0.29) is 29.2 Å². The highest BCUT2D eigenvalue weighted by atomic mass is 16.5. The van der Waals surface area contributed by atoms with Gasteiger partial charge in [0.15, 0.2) is 0 Å². The Bertz CT molecular complexity index is 899. The van der Waals surface area contributed by atoms with Crippen LogP contribution in [0.15, 0.2) is 29.2 Å². The number of pyridine rings is 2. The third-order valence-corrected chi connectivity index (χ3v) is 5.33. The molecule has 2 aromatic rings. The van der Waals surface area contributed by atoms with Crippen molar-refractivity contribution >= 4 is 5.91 Å². The molecule has 1 saturated carbocycles. The van der Waals surface area contributed by atoms with Gasteiger partial charge < -0.3 is 19.7 Å². The zero-order valence-corrected chi connectivity index (χ0v) is 16.0. The lowest BCUT2D eigenvalue weighted by molar-refractivity contribution is 0.0234. The second kappa shape index (κ2) is 7.52. The number of aromatic nitrogens is 2. The Morgan fingerprint density at radius 1 is 1.37 bits per heavy atom.